The molecule has 2 aromatic carbocycles. The Bertz CT molecular complexity index is 818. The van der Waals surface area contributed by atoms with Crippen molar-refractivity contribution in [3.8, 4) is 17.1 Å². The predicted molar refractivity (Wildman–Crippen MR) is 84.4 cm³/mol. The van der Waals surface area contributed by atoms with Crippen LogP contribution in [-0.4, -0.2) is 16.7 Å². The Morgan fingerprint density at radius 1 is 1.19 bits per heavy atom. The fraction of sp³-hybridized carbons (Fsp3) is 0.235. The van der Waals surface area contributed by atoms with Gasteiger partial charge in [0.15, 0.2) is 0 Å². The van der Waals surface area contributed by atoms with E-state index in [1.54, 1.807) is 7.11 Å². The molecule has 21 heavy (non-hydrogen) atoms. The highest BCUT2D eigenvalue weighted by atomic mass is 16.5. The summed E-state index contributed by atoms with van der Waals surface area (Å²) in [6.07, 6.45) is 2.44. The van der Waals surface area contributed by atoms with Gasteiger partial charge in [-0.25, -0.2) is 4.98 Å². The van der Waals surface area contributed by atoms with E-state index in [0.29, 0.717) is 17.5 Å². The summed E-state index contributed by atoms with van der Waals surface area (Å²) in [5.41, 5.74) is 9.96. The van der Waals surface area contributed by atoms with Gasteiger partial charge in [-0.3, -0.25) is 0 Å². The Hall–Kier alpha value is -2.49. The molecule has 1 fully saturated rings. The topological polar surface area (TPSA) is 53.1 Å². The molecule has 2 N–H and O–H groups in total. The lowest BCUT2D eigenvalue weighted by Crippen LogP contribution is -1.99. The third-order valence-corrected chi connectivity index (χ3v) is 4.00. The number of fused-ring (bicyclic) bond motifs is 1. The normalized spacial score (nSPS) is 14.5. The smallest absolute Gasteiger partial charge is 0.141 e. The first-order valence-corrected chi connectivity index (χ1v) is 7.19. The SMILES string of the molecule is COc1ccc(-c2nc3ccccc3n2C2CC2)cc1N. The number of methoxy groups -OCH3 is 1. The molecule has 4 rings (SSSR count). The Morgan fingerprint density at radius 3 is 2.71 bits per heavy atom. The number of benzene rings is 2. The predicted octanol–water partition coefficient (Wildman–Crippen LogP) is 3.63. The van der Waals surface area contributed by atoms with Crippen LogP contribution >= 0.6 is 0 Å². The molecule has 0 aliphatic heterocycles. The van der Waals surface area contributed by atoms with Crippen LogP contribution < -0.4 is 10.5 Å². The number of hydrogen-bond acceptors (Lipinski definition) is 3. The van der Waals surface area contributed by atoms with Crippen molar-refractivity contribution in [1.82, 2.24) is 9.55 Å². The maximum Gasteiger partial charge on any atom is 0.141 e. The van der Waals surface area contributed by atoms with Crippen molar-refractivity contribution in [2.45, 2.75) is 18.9 Å². The summed E-state index contributed by atoms with van der Waals surface area (Å²) in [7, 11) is 1.63. The summed E-state index contributed by atoms with van der Waals surface area (Å²) in [5.74, 6) is 1.70. The standard InChI is InChI=1S/C17H17N3O/c1-21-16-9-6-11(10-13(16)18)17-19-14-4-2-3-5-15(14)20(17)12-7-8-12/h2-6,9-10,12H,7-8,18H2,1H3. The largest absolute Gasteiger partial charge is 0.495 e. The van der Waals surface area contributed by atoms with Crippen LogP contribution in [0.1, 0.15) is 18.9 Å². The molecule has 3 aromatic rings. The van der Waals surface area contributed by atoms with E-state index in [1.165, 1.54) is 18.4 Å². The summed E-state index contributed by atoms with van der Waals surface area (Å²) in [6, 6.07) is 14.7. The van der Waals surface area contributed by atoms with Gasteiger partial charge < -0.3 is 15.0 Å². The first kappa shape index (κ1) is 12.3. The summed E-state index contributed by atoms with van der Waals surface area (Å²) in [6.45, 7) is 0. The molecule has 0 spiro atoms. The number of ether oxygens (including phenoxy) is 1. The lowest BCUT2D eigenvalue weighted by atomic mass is 10.1. The van der Waals surface area contributed by atoms with E-state index in [-0.39, 0.29) is 0 Å². The number of nitrogens with two attached hydrogens (primary N) is 1. The number of para-hydroxylation sites is 2. The maximum absolute atomic E-state index is 6.04. The number of rotatable bonds is 3. The molecule has 106 valence electrons. The van der Waals surface area contributed by atoms with Gasteiger partial charge in [-0.05, 0) is 43.2 Å². The van der Waals surface area contributed by atoms with Crippen molar-refractivity contribution >= 4 is 16.7 Å². The number of aromatic nitrogens is 2. The Balaban J connectivity index is 1.93. The monoisotopic (exact) mass is 279 g/mol. The van der Waals surface area contributed by atoms with Gasteiger partial charge in [0, 0.05) is 11.6 Å². The molecule has 0 atom stereocenters. The van der Waals surface area contributed by atoms with Crippen molar-refractivity contribution in [3.63, 3.8) is 0 Å². The van der Waals surface area contributed by atoms with Crippen LogP contribution in [0.2, 0.25) is 0 Å². The van der Waals surface area contributed by atoms with Crippen LogP contribution in [0.4, 0.5) is 5.69 Å². The van der Waals surface area contributed by atoms with E-state index in [1.807, 2.05) is 24.3 Å². The molecule has 1 aliphatic rings. The van der Waals surface area contributed by atoms with Crippen molar-refractivity contribution < 1.29 is 4.74 Å². The number of hydrogen-bond donors (Lipinski definition) is 1. The number of anilines is 1. The second-order valence-electron chi connectivity index (χ2n) is 5.48. The van der Waals surface area contributed by atoms with Gasteiger partial charge in [0.25, 0.3) is 0 Å². The van der Waals surface area contributed by atoms with E-state index in [9.17, 15) is 0 Å². The second-order valence-corrected chi connectivity index (χ2v) is 5.48. The number of nitrogens with zero attached hydrogens (tertiary/aromatic N) is 2. The molecule has 4 heteroatoms. The Morgan fingerprint density at radius 2 is 2.00 bits per heavy atom. The van der Waals surface area contributed by atoms with Gasteiger partial charge in [-0.15, -0.1) is 0 Å². The van der Waals surface area contributed by atoms with Crippen LogP contribution in [0.25, 0.3) is 22.4 Å². The summed E-state index contributed by atoms with van der Waals surface area (Å²) < 4.78 is 7.58. The molecular weight excluding hydrogens is 262 g/mol. The number of nitrogen functional groups attached to an aromatic ring is 1. The Kier molecular flexibility index (Phi) is 2.64. The molecule has 1 aromatic heterocycles. The minimum Gasteiger partial charge on any atom is -0.495 e. The van der Waals surface area contributed by atoms with E-state index in [4.69, 9.17) is 15.5 Å². The van der Waals surface area contributed by atoms with Crippen molar-refractivity contribution in [2.24, 2.45) is 0 Å². The summed E-state index contributed by atoms with van der Waals surface area (Å²) in [5, 5.41) is 0. The highest BCUT2D eigenvalue weighted by Gasteiger charge is 2.28. The molecule has 1 aliphatic carbocycles. The zero-order valence-corrected chi connectivity index (χ0v) is 11.9. The van der Waals surface area contributed by atoms with E-state index in [2.05, 4.69) is 22.8 Å². The molecule has 0 saturated heterocycles. The quantitative estimate of drug-likeness (QED) is 0.745. The van der Waals surface area contributed by atoms with Gasteiger partial charge in [0.1, 0.15) is 11.6 Å². The average Bonchev–Trinajstić information content (AvgIpc) is 3.27. The molecule has 0 radical (unpaired) electrons. The first-order valence-electron chi connectivity index (χ1n) is 7.19. The molecule has 0 amide bonds. The van der Waals surface area contributed by atoms with Crippen molar-refractivity contribution in [2.75, 3.05) is 12.8 Å². The van der Waals surface area contributed by atoms with Crippen LogP contribution in [0, 0.1) is 0 Å². The van der Waals surface area contributed by atoms with Gasteiger partial charge in [0.2, 0.25) is 0 Å². The molecule has 0 bridgehead atoms. The van der Waals surface area contributed by atoms with E-state index < -0.39 is 0 Å². The first-order chi connectivity index (χ1) is 10.3. The summed E-state index contributed by atoms with van der Waals surface area (Å²) >= 11 is 0. The zero-order chi connectivity index (χ0) is 14.4. The zero-order valence-electron chi connectivity index (χ0n) is 11.9. The third-order valence-electron chi connectivity index (χ3n) is 4.00. The maximum atomic E-state index is 6.04. The highest BCUT2D eigenvalue weighted by molar-refractivity contribution is 5.82. The van der Waals surface area contributed by atoms with E-state index >= 15 is 0 Å². The molecular formula is C17H17N3O. The van der Waals surface area contributed by atoms with Crippen LogP contribution in [0.15, 0.2) is 42.5 Å². The van der Waals surface area contributed by atoms with Crippen LogP contribution in [-0.2, 0) is 0 Å². The third kappa shape index (κ3) is 1.95. The molecule has 1 saturated carbocycles. The van der Waals surface area contributed by atoms with Gasteiger partial charge in [0.05, 0.1) is 23.8 Å². The average molecular weight is 279 g/mol. The highest BCUT2D eigenvalue weighted by Crippen LogP contribution is 2.41. The molecule has 0 unspecified atom stereocenters. The second kappa shape index (κ2) is 4.52. The minimum absolute atomic E-state index is 0.565. The van der Waals surface area contributed by atoms with Crippen LogP contribution in [0.3, 0.4) is 0 Å². The van der Waals surface area contributed by atoms with Gasteiger partial charge in [-0.1, -0.05) is 12.1 Å². The lowest BCUT2D eigenvalue weighted by Gasteiger charge is -2.10. The van der Waals surface area contributed by atoms with E-state index in [0.717, 1.165) is 16.9 Å². The summed E-state index contributed by atoms with van der Waals surface area (Å²) in [4.78, 5) is 4.81. The van der Waals surface area contributed by atoms with Gasteiger partial charge in [-0.2, -0.15) is 0 Å². The van der Waals surface area contributed by atoms with Crippen molar-refractivity contribution in [3.05, 3.63) is 42.5 Å². The van der Waals surface area contributed by atoms with Crippen molar-refractivity contribution in [1.29, 1.82) is 0 Å². The van der Waals surface area contributed by atoms with Crippen LogP contribution in [0.5, 0.6) is 5.75 Å². The number of imidazole rings is 1. The lowest BCUT2D eigenvalue weighted by molar-refractivity contribution is 0.417. The molecule has 1 heterocycles. The Labute approximate surface area is 123 Å². The fourth-order valence-corrected chi connectivity index (χ4v) is 2.82. The fourth-order valence-electron chi connectivity index (χ4n) is 2.82. The van der Waals surface area contributed by atoms with Gasteiger partial charge >= 0.3 is 0 Å². The minimum atomic E-state index is 0.565. The molecule has 4 nitrogen and oxygen atoms in total.